The fraction of sp³-hybridized carbons (Fsp3) is 0.361. The van der Waals surface area contributed by atoms with Gasteiger partial charge in [0.25, 0.3) is 23.6 Å². The van der Waals surface area contributed by atoms with E-state index >= 15 is 0 Å². The maximum absolute atomic E-state index is 14.2. The van der Waals surface area contributed by atoms with E-state index in [0.717, 1.165) is 46.5 Å². The molecular weight excluding hydrogens is 1020 g/mol. The molecule has 0 radical (unpaired) electrons. The molecule has 414 valence electrons. The second-order valence-electron chi connectivity index (χ2n) is 21.2. The molecule has 0 spiro atoms. The highest BCUT2D eigenvalue weighted by molar-refractivity contribution is 6.15. The third-order valence-corrected chi connectivity index (χ3v) is 15.2. The maximum Gasteiger partial charge on any atom is 0.333 e. The Morgan fingerprint density at radius 3 is 2.02 bits per heavy atom. The van der Waals surface area contributed by atoms with E-state index in [2.05, 4.69) is 22.0 Å². The van der Waals surface area contributed by atoms with E-state index in [0.29, 0.717) is 68.8 Å². The van der Waals surface area contributed by atoms with E-state index < -0.39 is 47.6 Å². The molecule has 0 saturated carbocycles. The molecule has 5 heterocycles. The van der Waals surface area contributed by atoms with Crippen molar-refractivity contribution in [3.8, 4) is 17.2 Å². The summed E-state index contributed by atoms with van der Waals surface area (Å²) in [6.45, 7) is 6.97. The van der Waals surface area contributed by atoms with Gasteiger partial charge < -0.3 is 39.9 Å². The Labute approximate surface area is 462 Å². The van der Waals surface area contributed by atoms with Crippen LogP contribution in [0.15, 0.2) is 96.0 Å². The lowest BCUT2D eigenvalue weighted by molar-refractivity contribution is -0.197. The van der Waals surface area contributed by atoms with Gasteiger partial charge in [0.05, 0.1) is 24.4 Å². The van der Waals surface area contributed by atoms with Crippen molar-refractivity contribution in [3.63, 3.8) is 0 Å². The molecule has 0 aliphatic carbocycles. The first-order chi connectivity index (χ1) is 38.5. The summed E-state index contributed by atoms with van der Waals surface area (Å²) in [6.07, 6.45) is 5.00. The van der Waals surface area contributed by atoms with Crippen LogP contribution in [0.4, 0.5) is 22.7 Å². The van der Waals surface area contributed by atoms with Gasteiger partial charge in [0.2, 0.25) is 17.7 Å². The predicted molar refractivity (Wildman–Crippen MR) is 296 cm³/mol. The highest BCUT2D eigenvalue weighted by Gasteiger charge is 2.39. The van der Waals surface area contributed by atoms with Crippen molar-refractivity contribution in [2.24, 2.45) is 10.9 Å². The number of aryl methyl sites for hydroxylation is 2. The number of hydroxylamine groups is 2. The zero-order valence-electron chi connectivity index (χ0n) is 45.3. The molecule has 5 aliphatic rings. The fourth-order valence-electron chi connectivity index (χ4n) is 11.0. The van der Waals surface area contributed by atoms with Crippen molar-refractivity contribution in [3.05, 3.63) is 136 Å². The molecule has 1 fully saturated rings. The first kappa shape index (κ1) is 54.5. The van der Waals surface area contributed by atoms with Crippen LogP contribution in [0.3, 0.4) is 0 Å². The summed E-state index contributed by atoms with van der Waals surface area (Å²) < 4.78 is 18.8. The summed E-state index contributed by atoms with van der Waals surface area (Å²) >= 11 is 0. The molecule has 7 amide bonds. The van der Waals surface area contributed by atoms with E-state index in [9.17, 15) is 38.4 Å². The molecule has 19 nitrogen and oxygen atoms in total. The lowest BCUT2D eigenvalue weighted by atomic mass is 9.99. The number of para-hydroxylation sites is 2. The second-order valence-corrected chi connectivity index (χ2v) is 21.2. The second kappa shape index (κ2) is 23.2. The third kappa shape index (κ3) is 11.5. The van der Waals surface area contributed by atoms with Crippen LogP contribution in [0.1, 0.15) is 120 Å². The normalized spacial score (nSPS) is 17.5. The van der Waals surface area contributed by atoms with Gasteiger partial charge in [-0.15, -0.1) is 5.06 Å². The average Bonchev–Trinajstić information content (AvgIpc) is 4.12. The Balaban J connectivity index is 0.830. The van der Waals surface area contributed by atoms with Gasteiger partial charge in [0.1, 0.15) is 31.0 Å². The van der Waals surface area contributed by atoms with Crippen LogP contribution in [0.5, 0.6) is 17.2 Å². The lowest BCUT2D eigenvalue weighted by Crippen LogP contribution is -2.53. The molecule has 5 aromatic rings. The number of anilines is 3. The first-order valence-electron chi connectivity index (χ1n) is 27.1. The molecule has 4 atom stereocenters. The standard InChI is InChI=1S/C61H63N7O12/c1-34(2)57(65-53(69)16-10-11-17-56(72)80-68-54(70)20-21-55(68)71)59(74)63-36(4)58(73)64-42-24-37(32-78-50-30-47-46(22-35(50)3)61(76)67-44(31-62-47)27-41-13-7-9-15-49(41)67)23-38(25-42)33-79-52-28-39-18-19-43-26-40-12-6-8-14-48(40)66(43)60(75)45(39)29-51(52)77-5/h6-9,12-15,22-25,28-31,34,36,43-44,57H,10-11,16-21,26-27,32-33H2,1-5H3,(H,63,74)(H,64,73)(H,65,69)/t36-,43+,44-,57-/m0/s1. The molecule has 1 saturated heterocycles. The quantitative estimate of drug-likeness (QED) is 0.0533. The third-order valence-electron chi connectivity index (χ3n) is 15.2. The maximum atomic E-state index is 14.2. The predicted octanol–water partition coefficient (Wildman–Crippen LogP) is 7.72. The van der Waals surface area contributed by atoms with Gasteiger partial charge in [-0.25, -0.2) is 4.79 Å². The van der Waals surface area contributed by atoms with Gasteiger partial charge in [-0.2, -0.15) is 0 Å². The molecule has 0 bridgehead atoms. The molecule has 10 rings (SSSR count). The molecule has 19 heteroatoms. The average molecular weight is 1090 g/mol. The molecule has 5 aromatic carbocycles. The van der Waals surface area contributed by atoms with Crippen LogP contribution in [0.2, 0.25) is 0 Å². The summed E-state index contributed by atoms with van der Waals surface area (Å²) in [5.74, 6) is -2.76. The van der Waals surface area contributed by atoms with Gasteiger partial charge in [-0.1, -0.05) is 50.2 Å². The minimum Gasteiger partial charge on any atom is -0.493 e. The van der Waals surface area contributed by atoms with Crippen LogP contribution >= 0.6 is 0 Å². The molecule has 0 aromatic heterocycles. The zero-order chi connectivity index (χ0) is 56.4. The number of hydrogen-bond acceptors (Lipinski definition) is 13. The first-order valence-corrected chi connectivity index (χ1v) is 27.1. The minimum absolute atomic E-state index is 0.0180. The van der Waals surface area contributed by atoms with Gasteiger partial charge in [0, 0.05) is 73.1 Å². The van der Waals surface area contributed by atoms with Crippen molar-refractivity contribution in [1.82, 2.24) is 15.7 Å². The van der Waals surface area contributed by atoms with Crippen molar-refractivity contribution in [1.29, 1.82) is 0 Å². The van der Waals surface area contributed by atoms with Crippen LogP contribution < -0.4 is 40.0 Å². The van der Waals surface area contributed by atoms with Crippen LogP contribution in [0, 0.1) is 12.8 Å². The number of fused-ring (bicyclic) bond motifs is 8. The van der Waals surface area contributed by atoms with E-state index in [1.165, 1.54) is 14.0 Å². The number of benzene rings is 5. The fourth-order valence-corrected chi connectivity index (χ4v) is 11.0. The number of ether oxygens (including phenoxy) is 3. The van der Waals surface area contributed by atoms with Crippen molar-refractivity contribution in [2.75, 3.05) is 22.2 Å². The number of nitrogens with one attached hydrogen (secondary N) is 3. The van der Waals surface area contributed by atoms with Gasteiger partial charge in [-0.05, 0) is 134 Å². The molecule has 3 N–H and O–H groups in total. The Kier molecular flexibility index (Phi) is 15.8. The van der Waals surface area contributed by atoms with Crippen LogP contribution in [-0.2, 0) is 66.1 Å². The summed E-state index contributed by atoms with van der Waals surface area (Å²) in [5.41, 5.74) is 8.80. The van der Waals surface area contributed by atoms with Gasteiger partial charge >= 0.3 is 5.97 Å². The number of unbranched alkanes of at least 4 members (excludes halogenated alkanes) is 1. The molecule has 80 heavy (non-hydrogen) atoms. The number of carbonyl (C=O) groups is 8. The number of aliphatic imine (C=N–C) groups is 1. The lowest BCUT2D eigenvalue weighted by Gasteiger charge is -2.24. The Hall–Kier alpha value is -8.87. The highest BCUT2D eigenvalue weighted by Crippen LogP contribution is 2.42. The number of amides is 7. The smallest absolute Gasteiger partial charge is 0.333 e. The van der Waals surface area contributed by atoms with Gasteiger partial charge in [-0.3, -0.25) is 43.5 Å². The zero-order valence-corrected chi connectivity index (χ0v) is 45.3. The van der Waals surface area contributed by atoms with E-state index in [-0.39, 0.29) is 81.6 Å². The SMILES string of the molecule is COc1cc2c(cc1OCc1cc(COc3cc4c(cc3C)C(=O)N3c5ccccc5C[C@H]3C=N4)cc(NC(=O)[C@H](C)NC(=O)[C@@H](NC(=O)CCCCC(=O)ON3C(=O)CCC3=O)C(C)C)c1)CC[C@@H]1Cc3ccccc3N1C2=O. The Morgan fingerprint density at radius 1 is 0.675 bits per heavy atom. The monoisotopic (exact) mass is 1090 g/mol. The summed E-state index contributed by atoms with van der Waals surface area (Å²) in [4.78, 5) is 118. The van der Waals surface area contributed by atoms with E-state index in [4.69, 9.17) is 24.0 Å². The highest BCUT2D eigenvalue weighted by atomic mass is 16.7. The van der Waals surface area contributed by atoms with Crippen LogP contribution in [0.25, 0.3) is 0 Å². The Morgan fingerprint density at radius 2 is 1.32 bits per heavy atom. The largest absolute Gasteiger partial charge is 0.493 e. The number of carbonyl (C=O) groups excluding carboxylic acids is 8. The minimum atomic E-state index is -1.06. The topological polar surface area (TPSA) is 232 Å². The van der Waals surface area contributed by atoms with Gasteiger partial charge in [0.15, 0.2) is 11.5 Å². The number of methoxy groups -OCH3 is 1. The number of imide groups is 1. The summed E-state index contributed by atoms with van der Waals surface area (Å²) in [7, 11) is 1.53. The van der Waals surface area contributed by atoms with Crippen molar-refractivity contribution >= 4 is 76.3 Å². The Bertz CT molecular complexity index is 3360. The number of nitrogens with zero attached hydrogens (tertiary/aromatic N) is 4. The number of hydrogen-bond donors (Lipinski definition) is 3. The van der Waals surface area contributed by atoms with E-state index in [1.807, 2.05) is 72.6 Å². The molecule has 5 aliphatic heterocycles. The molecule has 0 unspecified atom stereocenters. The summed E-state index contributed by atoms with van der Waals surface area (Å²) in [5, 5.41) is 8.90. The van der Waals surface area contributed by atoms with E-state index in [1.54, 1.807) is 49.1 Å². The van der Waals surface area contributed by atoms with Crippen molar-refractivity contribution in [2.45, 2.75) is 129 Å². The number of rotatable bonds is 19. The molecular formula is C61H63N7O12. The summed E-state index contributed by atoms with van der Waals surface area (Å²) in [6, 6.07) is 26.2. The van der Waals surface area contributed by atoms with Crippen LogP contribution in [-0.4, -0.2) is 89.9 Å². The van der Waals surface area contributed by atoms with Crippen molar-refractivity contribution < 1.29 is 57.4 Å².